The van der Waals surface area contributed by atoms with Crippen LogP contribution in [0.5, 0.6) is 0 Å². The van der Waals surface area contributed by atoms with Crippen LogP contribution in [-0.4, -0.2) is 4.83 Å². The van der Waals surface area contributed by atoms with Crippen molar-refractivity contribution < 1.29 is 0 Å². The Morgan fingerprint density at radius 2 is 1.61 bits per heavy atom. The van der Waals surface area contributed by atoms with Crippen LogP contribution in [0.15, 0.2) is 54.6 Å². The van der Waals surface area contributed by atoms with Crippen LogP contribution in [0.1, 0.15) is 17.5 Å². The summed E-state index contributed by atoms with van der Waals surface area (Å²) in [7, 11) is 0. The number of rotatable bonds is 5. The van der Waals surface area contributed by atoms with Gasteiger partial charge in [-0.1, -0.05) is 76.1 Å². The molecule has 2 heteroatoms. The fourth-order valence-electron chi connectivity index (χ4n) is 1.97. The average molecular weight is 324 g/mol. The molecule has 0 fully saturated rings. The predicted octanol–water partition coefficient (Wildman–Crippen LogP) is 5.28. The van der Waals surface area contributed by atoms with Gasteiger partial charge in [0.2, 0.25) is 0 Å². The molecule has 0 saturated heterocycles. The van der Waals surface area contributed by atoms with Crippen molar-refractivity contribution >= 4 is 27.5 Å². The van der Waals surface area contributed by atoms with E-state index in [0.717, 1.165) is 24.3 Å². The Kier molecular flexibility index (Phi) is 5.27. The molecule has 0 bridgehead atoms. The summed E-state index contributed by atoms with van der Waals surface area (Å²) in [6.07, 6.45) is 3.20. The first kappa shape index (κ1) is 13.6. The first-order valence-corrected chi connectivity index (χ1v) is 7.46. The fourth-order valence-corrected chi connectivity index (χ4v) is 2.76. The second kappa shape index (κ2) is 6.96. The van der Waals surface area contributed by atoms with Gasteiger partial charge in [-0.2, -0.15) is 0 Å². The molecule has 0 aliphatic rings. The number of alkyl halides is 1. The highest BCUT2D eigenvalue weighted by atomic mass is 79.9. The average Bonchev–Trinajstić information content (AvgIpc) is 2.40. The Hall–Kier alpha value is -0.790. The van der Waals surface area contributed by atoms with Crippen LogP contribution in [0.3, 0.4) is 0 Å². The summed E-state index contributed by atoms with van der Waals surface area (Å²) < 4.78 is 0. The van der Waals surface area contributed by atoms with E-state index in [1.807, 2.05) is 18.2 Å². The molecule has 0 heterocycles. The Balaban J connectivity index is 1.86. The third-order valence-corrected chi connectivity index (χ3v) is 4.14. The lowest BCUT2D eigenvalue weighted by Crippen LogP contribution is -2.05. The molecule has 0 saturated carbocycles. The van der Waals surface area contributed by atoms with E-state index in [9.17, 15) is 0 Å². The van der Waals surface area contributed by atoms with Crippen molar-refractivity contribution in [2.24, 2.45) is 0 Å². The van der Waals surface area contributed by atoms with Crippen molar-refractivity contribution in [3.8, 4) is 0 Å². The Bertz CT molecular complexity index is 481. The second-order valence-corrected chi connectivity index (χ2v) is 6.12. The van der Waals surface area contributed by atoms with Crippen LogP contribution >= 0.6 is 27.5 Å². The Labute approximate surface area is 122 Å². The summed E-state index contributed by atoms with van der Waals surface area (Å²) in [6, 6.07) is 18.6. The molecule has 0 nitrogen and oxygen atoms in total. The van der Waals surface area contributed by atoms with E-state index in [0.29, 0.717) is 4.83 Å². The van der Waals surface area contributed by atoms with Gasteiger partial charge in [-0.25, -0.2) is 0 Å². The van der Waals surface area contributed by atoms with Crippen molar-refractivity contribution in [3.63, 3.8) is 0 Å². The van der Waals surface area contributed by atoms with E-state index in [1.165, 1.54) is 11.1 Å². The molecule has 2 aromatic carbocycles. The van der Waals surface area contributed by atoms with Gasteiger partial charge in [-0.15, -0.1) is 0 Å². The van der Waals surface area contributed by atoms with E-state index < -0.39 is 0 Å². The van der Waals surface area contributed by atoms with Gasteiger partial charge in [0.1, 0.15) is 0 Å². The molecule has 1 unspecified atom stereocenters. The summed E-state index contributed by atoms with van der Waals surface area (Å²) >= 11 is 9.91. The van der Waals surface area contributed by atoms with Crippen molar-refractivity contribution in [1.29, 1.82) is 0 Å². The number of benzene rings is 2. The van der Waals surface area contributed by atoms with E-state index >= 15 is 0 Å². The van der Waals surface area contributed by atoms with Gasteiger partial charge in [0.25, 0.3) is 0 Å². The zero-order valence-electron chi connectivity index (χ0n) is 10.2. The molecule has 0 aromatic heterocycles. The third-order valence-electron chi connectivity index (χ3n) is 2.99. The minimum Gasteiger partial charge on any atom is -0.0887 e. The molecule has 1 atom stereocenters. The van der Waals surface area contributed by atoms with Crippen molar-refractivity contribution in [2.45, 2.75) is 24.1 Å². The van der Waals surface area contributed by atoms with E-state index in [2.05, 4.69) is 52.3 Å². The quantitative estimate of drug-likeness (QED) is 0.657. The molecular formula is C16H16BrCl. The second-order valence-electron chi connectivity index (χ2n) is 4.42. The Morgan fingerprint density at radius 3 is 2.33 bits per heavy atom. The molecule has 0 amide bonds. The van der Waals surface area contributed by atoms with Gasteiger partial charge < -0.3 is 0 Å². The molecule has 94 valence electrons. The number of hydrogen-bond acceptors (Lipinski definition) is 0. The SMILES string of the molecule is Clc1ccccc1CC(Br)CCc1ccccc1. The van der Waals surface area contributed by atoms with Crippen molar-refractivity contribution in [1.82, 2.24) is 0 Å². The van der Waals surface area contributed by atoms with Gasteiger partial charge in [-0.05, 0) is 36.5 Å². The first-order valence-electron chi connectivity index (χ1n) is 6.17. The largest absolute Gasteiger partial charge is 0.0887 e. The summed E-state index contributed by atoms with van der Waals surface area (Å²) in [5.41, 5.74) is 2.61. The number of halogens is 2. The smallest absolute Gasteiger partial charge is 0.0438 e. The standard InChI is InChI=1S/C16H16BrCl/c17-15(11-10-13-6-2-1-3-7-13)12-14-8-4-5-9-16(14)18/h1-9,15H,10-12H2. The lowest BCUT2D eigenvalue weighted by molar-refractivity contribution is 0.763. The maximum Gasteiger partial charge on any atom is 0.0438 e. The molecular weight excluding hydrogens is 308 g/mol. The summed E-state index contributed by atoms with van der Waals surface area (Å²) in [4.78, 5) is 0.470. The maximum atomic E-state index is 6.16. The van der Waals surface area contributed by atoms with Crippen molar-refractivity contribution in [3.05, 3.63) is 70.7 Å². The molecule has 0 radical (unpaired) electrons. The molecule has 0 aliphatic heterocycles. The number of aryl methyl sites for hydroxylation is 1. The zero-order chi connectivity index (χ0) is 12.8. The van der Waals surface area contributed by atoms with Crippen LogP contribution in [0.4, 0.5) is 0 Å². The highest BCUT2D eigenvalue weighted by molar-refractivity contribution is 9.09. The molecule has 2 aromatic rings. The fraction of sp³-hybridized carbons (Fsp3) is 0.250. The maximum absolute atomic E-state index is 6.16. The minimum atomic E-state index is 0.470. The molecule has 2 rings (SSSR count). The highest BCUT2D eigenvalue weighted by Gasteiger charge is 2.08. The first-order chi connectivity index (χ1) is 8.75. The van der Waals surface area contributed by atoms with E-state index in [1.54, 1.807) is 0 Å². The lowest BCUT2D eigenvalue weighted by atomic mass is 10.0. The minimum absolute atomic E-state index is 0.470. The van der Waals surface area contributed by atoms with Gasteiger partial charge in [-0.3, -0.25) is 0 Å². The van der Waals surface area contributed by atoms with Crippen LogP contribution in [0.25, 0.3) is 0 Å². The summed E-state index contributed by atoms with van der Waals surface area (Å²) in [5.74, 6) is 0. The third kappa shape index (κ3) is 4.15. The Morgan fingerprint density at radius 1 is 0.944 bits per heavy atom. The predicted molar refractivity (Wildman–Crippen MR) is 82.6 cm³/mol. The summed E-state index contributed by atoms with van der Waals surface area (Å²) in [6.45, 7) is 0. The highest BCUT2D eigenvalue weighted by Crippen LogP contribution is 2.21. The van der Waals surface area contributed by atoms with E-state index in [-0.39, 0.29) is 0 Å². The van der Waals surface area contributed by atoms with Crippen LogP contribution in [0.2, 0.25) is 5.02 Å². The van der Waals surface area contributed by atoms with E-state index in [4.69, 9.17) is 11.6 Å². The molecule has 0 aliphatic carbocycles. The number of hydrogen-bond donors (Lipinski definition) is 0. The summed E-state index contributed by atoms with van der Waals surface area (Å²) in [5, 5.41) is 0.863. The van der Waals surface area contributed by atoms with Gasteiger partial charge in [0.05, 0.1) is 0 Å². The molecule has 0 N–H and O–H groups in total. The van der Waals surface area contributed by atoms with Crippen LogP contribution in [-0.2, 0) is 12.8 Å². The van der Waals surface area contributed by atoms with Gasteiger partial charge in [0, 0.05) is 9.85 Å². The van der Waals surface area contributed by atoms with Gasteiger partial charge in [0.15, 0.2) is 0 Å². The van der Waals surface area contributed by atoms with Crippen LogP contribution in [0, 0.1) is 0 Å². The molecule has 0 spiro atoms. The normalized spacial score (nSPS) is 12.3. The van der Waals surface area contributed by atoms with Crippen LogP contribution < -0.4 is 0 Å². The topological polar surface area (TPSA) is 0 Å². The molecule has 18 heavy (non-hydrogen) atoms. The van der Waals surface area contributed by atoms with Crippen molar-refractivity contribution in [2.75, 3.05) is 0 Å². The zero-order valence-corrected chi connectivity index (χ0v) is 12.5. The van der Waals surface area contributed by atoms with Gasteiger partial charge >= 0.3 is 0 Å². The monoisotopic (exact) mass is 322 g/mol. The lowest BCUT2D eigenvalue weighted by Gasteiger charge is -2.11.